The lowest BCUT2D eigenvalue weighted by molar-refractivity contribution is 0.104. The second-order valence-electron chi connectivity index (χ2n) is 9.39. The van der Waals surface area contributed by atoms with Gasteiger partial charge in [0.2, 0.25) is 0 Å². The molecule has 5 aromatic rings. The van der Waals surface area contributed by atoms with E-state index in [2.05, 4.69) is 6.58 Å². The number of hydrogen-bond acceptors (Lipinski definition) is 4. The Morgan fingerprint density at radius 2 is 1.05 bits per heavy atom. The van der Waals surface area contributed by atoms with Gasteiger partial charge in [-0.25, -0.2) is 4.39 Å². The molecular weight excluding hydrogens is 527 g/mol. The maximum atomic E-state index is 13.0. The van der Waals surface area contributed by atoms with Crippen molar-refractivity contribution in [3.8, 4) is 34.1 Å². The van der Waals surface area contributed by atoms with Crippen molar-refractivity contribution >= 4 is 17.9 Å². The standard InChI is InChI=1S/C37H29FO4/c1-2-27-3-18-35(19-4-27)42-36-22-12-30(13-23-36)29-10-20-34(21-11-29)41-26-25-40-33-16-5-28(6-17-33)7-24-37(39)31-8-14-32(38)15-9-31/h2-24H,1,25-26H2/b24-7+. The van der Waals surface area contributed by atoms with Crippen LogP contribution < -0.4 is 14.2 Å². The predicted molar refractivity (Wildman–Crippen MR) is 166 cm³/mol. The molecule has 0 spiro atoms. The Morgan fingerprint density at radius 3 is 1.57 bits per heavy atom. The molecule has 4 nitrogen and oxygen atoms in total. The summed E-state index contributed by atoms with van der Waals surface area (Å²) in [6.07, 6.45) is 4.99. The van der Waals surface area contributed by atoms with Crippen molar-refractivity contribution in [3.05, 3.63) is 156 Å². The first-order chi connectivity index (χ1) is 20.6. The van der Waals surface area contributed by atoms with Crippen molar-refractivity contribution in [1.29, 1.82) is 0 Å². The fourth-order valence-electron chi connectivity index (χ4n) is 4.14. The van der Waals surface area contributed by atoms with Crippen LogP contribution in [0.25, 0.3) is 23.3 Å². The normalized spacial score (nSPS) is 10.8. The molecule has 42 heavy (non-hydrogen) atoms. The summed E-state index contributed by atoms with van der Waals surface area (Å²) in [6, 6.07) is 36.6. The Bertz CT molecular complexity index is 1640. The summed E-state index contributed by atoms with van der Waals surface area (Å²) in [5.74, 6) is 2.46. The molecule has 0 bridgehead atoms. The molecule has 5 heteroatoms. The number of rotatable bonds is 12. The number of carbonyl (C=O) groups is 1. The van der Waals surface area contributed by atoms with E-state index in [0.29, 0.717) is 24.5 Å². The van der Waals surface area contributed by atoms with Gasteiger partial charge in [-0.05, 0) is 101 Å². The highest BCUT2D eigenvalue weighted by molar-refractivity contribution is 6.06. The summed E-state index contributed by atoms with van der Waals surface area (Å²) < 4.78 is 30.6. The third kappa shape index (κ3) is 7.83. The average Bonchev–Trinajstić information content (AvgIpc) is 3.04. The van der Waals surface area contributed by atoms with Crippen molar-refractivity contribution < 1.29 is 23.4 Å². The fourth-order valence-corrected chi connectivity index (χ4v) is 4.14. The Morgan fingerprint density at radius 1 is 0.595 bits per heavy atom. The van der Waals surface area contributed by atoms with Gasteiger partial charge >= 0.3 is 0 Å². The quantitative estimate of drug-likeness (QED) is 0.0873. The highest BCUT2D eigenvalue weighted by atomic mass is 19.1. The number of ketones is 1. The molecule has 0 saturated heterocycles. The van der Waals surface area contributed by atoms with E-state index in [-0.39, 0.29) is 11.6 Å². The van der Waals surface area contributed by atoms with E-state index in [1.807, 2.05) is 97.1 Å². The molecule has 0 aliphatic heterocycles. The molecule has 0 heterocycles. The van der Waals surface area contributed by atoms with Crippen LogP contribution in [0.3, 0.4) is 0 Å². The Hall–Kier alpha value is -5.42. The van der Waals surface area contributed by atoms with E-state index in [9.17, 15) is 9.18 Å². The summed E-state index contributed by atoms with van der Waals surface area (Å²) in [5.41, 5.74) is 4.50. The summed E-state index contributed by atoms with van der Waals surface area (Å²) in [5, 5.41) is 0. The van der Waals surface area contributed by atoms with Gasteiger partial charge in [-0.3, -0.25) is 4.79 Å². The molecule has 5 rings (SSSR count). The summed E-state index contributed by atoms with van der Waals surface area (Å²) >= 11 is 0. The van der Waals surface area contributed by atoms with Gasteiger partial charge in [0.05, 0.1) is 0 Å². The lowest BCUT2D eigenvalue weighted by Gasteiger charge is -2.10. The predicted octanol–water partition coefficient (Wildman–Crippen LogP) is 9.28. The minimum atomic E-state index is -0.370. The van der Waals surface area contributed by atoms with Crippen LogP contribution in [0.15, 0.2) is 134 Å². The van der Waals surface area contributed by atoms with E-state index in [1.165, 1.54) is 30.3 Å². The van der Waals surface area contributed by atoms with Crippen LogP contribution in [0.1, 0.15) is 21.5 Å². The highest BCUT2D eigenvalue weighted by Gasteiger charge is 2.04. The van der Waals surface area contributed by atoms with Crippen LogP contribution in [0, 0.1) is 5.82 Å². The van der Waals surface area contributed by atoms with Crippen LogP contribution in [0.5, 0.6) is 23.0 Å². The maximum absolute atomic E-state index is 13.0. The summed E-state index contributed by atoms with van der Waals surface area (Å²) in [4.78, 5) is 12.2. The summed E-state index contributed by atoms with van der Waals surface area (Å²) in [7, 11) is 0. The maximum Gasteiger partial charge on any atom is 0.185 e. The molecule has 0 radical (unpaired) electrons. The zero-order chi connectivity index (χ0) is 29.1. The molecule has 0 saturated carbocycles. The SMILES string of the molecule is C=Cc1ccc(Oc2ccc(-c3ccc(OCCOc4ccc(/C=C/C(=O)c5ccc(F)cc5)cc4)cc3)cc2)cc1. The molecule has 0 unspecified atom stereocenters. The minimum Gasteiger partial charge on any atom is -0.490 e. The highest BCUT2D eigenvalue weighted by Crippen LogP contribution is 2.27. The van der Waals surface area contributed by atoms with Gasteiger partial charge < -0.3 is 14.2 Å². The number of ether oxygens (including phenoxy) is 3. The van der Waals surface area contributed by atoms with Crippen LogP contribution in [0.2, 0.25) is 0 Å². The number of benzene rings is 5. The molecule has 208 valence electrons. The van der Waals surface area contributed by atoms with E-state index in [1.54, 1.807) is 12.2 Å². The monoisotopic (exact) mass is 556 g/mol. The molecule has 0 atom stereocenters. The first-order valence-corrected chi connectivity index (χ1v) is 13.5. The van der Waals surface area contributed by atoms with Crippen molar-refractivity contribution in [3.63, 3.8) is 0 Å². The van der Waals surface area contributed by atoms with Crippen LogP contribution in [-0.2, 0) is 0 Å². The lowest BCUT2D eigenvalue weighted by Crippen LogP contribution is -2.08. The second kappa shape index (κ2) is 13.8. The van der Waals surface area contributed by atoms with E-state index in [4.69, 9.17) is 14.2 Å². The van der Waals surface area contributed by atoms with Crippen molar-refractivity contribution in [1.82, 2.24) is 0 Å². The lowest BCUT2D eigenvalue weighted by atomic mass is 10.1. The smallest absolute Gasteiger partial charge is 0.185 e. The first-order valence-electron chi connectivity index (χ1n) is 13.5. The molecule has 0 amide bonds. The molecule has 0 aliphatic carbocycles. The topological polar surface area (TPSA) is 44.8 Å². The van der Waals surface area contributed by atoms with Crippen molar-refractivity contribution in [2.24, 2.45) is 0 Å². The molecule has 0 N–H and O–H groups in total. The van der Waals surface area contributed by atoms with Gasteiger partial charge in [-0.1, -0.05) is 67.3 Å². The molecule has 0 aromatic heterocycles. The van der Waals surface area contributed by atoms with Crippen LogP contribution >= 0.6 is 0 Å². The largest absolute Gasteiger partial charge is 0.490 e. The number of halogens is 1. The molecule has 0 aliphatic rings. The van der Waals surface area contributed by atoms with E-state index >= 15 is 0 Å². The third-order valence-corrected chi connectivity index (χ3v) is 6.45. The Labute approximate surface area is 245 Å². The van der Waals surface area contributed by atoms with Gasteiger partial charge in [-0.15, -0.1) is 0 Å². The Balaban J connectivity index is 1.05. The number of carbonyl (C=O) groups excluding carboxylic acids is 1. The number of hydrogen-bond donors (Lipinski definition) is 0. The van der Waals surface area contributed by atoms with Gasteiger partial charge in [-0.2, -0.15) is 0 Å². The van der Waals surface area contributed by atoms with Crippen molar-refractivity contribution in [2.75, 3.05) is 13.2 Å². The van der Waals surface area contributed by atoms with Gasteiger partial charge in [0.25, 0.3) is 0 Å². The Kier molecular flexibility index (Phi) is 9.22. The van der Waals surface area contributed by atoms with E-state index < -0.39 is 0 Å². The first kappa shape index (κ1) is 28.1. The second-order valence-corrected chi connectivity index (χ2v) is 9.39. The van der Waals surface area contributed by atoms with Crippen LogP contribution in [-0.4, -0.2) is 19.0 Å². The van der Waals surface area contributed by atoms with Crippen molar-refractivity contribution in [2.45, 2.75) is 0 Å². The zero-order valence-electron chi connectivity index (χ0n) is 22.9. The molecule has 0 fully saturated rings. The van der Waals surface area contributed by atoms with Gasteiger partial charge in [0.1, 0.15) is 42.0 Å². The van der Waals surface area contributed by atoms with E-state index in [0.717, 1.165) is 39.5 Å². The minimum absolute atomic E-state index is 0.185. The summed E-state index contributed by atoms with van der Waals surface area (Å²) in [6.45, 7) is 4.55. The van der Waals surface area contributed by atoms with Gasteiger partial charge in [0.15, 0.2) is 5.78 Å². The van der Waals surface area contributed by atoms with Crippen LogP contribution in [0.4, 0.5) is 4.39 Å². The van der Waals surface area contributed by atoms with Gasteiger partial charge in [0, 0.05) is 5.56 Å². The fraction of sp³-hybridized carbons (Fsp3) is 0.0541. The number of allylic oxidation sites excluding steroid dienone is 1. The third-order valence-electron chi connectivity index (χ3n) is 6.45. The molecular formula is C37H29FO4. The molecule has 5 aromatic carbocycles. The zero-order valence-corrected chi connectivity index (χ0v) is 22.9. The average molecular weight is 557 g/mol.